The van der Waals surface area contributed by atoms with Crippen LogP contribution < -0.4 is 10.6 Å². The fraction of sp³-hybridized carbons (Fsp3) is 0.390. The number of carbonyl (C=O) groups is 1. The van der Waals surface area contributed by atoms with Crippen LogP contribution in [0.2, 0.25) is 0 Å². The van der Waals surface area contributed by atoms with Gasteiger partial charge in [0.25, 0.3) is 0 Å². The molecule has 8 rings (SSSR count). The summed E-state index contributed by atoms with van der Waals surface area (Å²) >= 11 is 0. The van der Waals surface area contributed by atoms with E-state index in [1.807, 2.05) is 24.2 Å². The molecule has 1 spiro atoms. The van der Waals surface area contributed by atoms with Crippen LogP contribution >= 0.6 is 0 Å². The van der Waals surface area contributed by atoms with Gasteiger partial charge in [0.2, 0.25) is 5.91 Å². The number of carbonyl (C=O) groups excluding carboxylic acids is 1. The molecule has 4 N–H and O–H groups in total. The molecule has 3 aliphatic rings. The lowest BCUT2D eigenvalue weighted by Gasteiger charge is -2.24. The van der Waals surface area contributed by atoms with Crippen molar-refractivity contribution in [2.24, 2.45) is 5.41 Å². The van der Waals surface area contributed by atoms with Gasteiger partial charge in [-0.3, -0.25) is 4.79 Å². The van der Waals surface area contributed by atoms with Crippen LogP contribution in [0.5, 0.6) is 0 Å². The number of amides is 1. The van der Waals surface area contributed by atoms with Crippen molar-refractivity contribution >= 4 is 16.7 Å². The summed E-state index contributed by atoms with van der Waals surface area (Å²) in [6.45, 7) is 12.4. The zero-order chi connectivity index (χ0) is 34.0. The molecule has 8 heteroatoms. The molecule has 254 valence electrons. The third kappa shape index (κ3) is 7.06. The fourth-order valence-electron chi connectivity index (χ4n) is 7.19. The molecule has 0 bridgehead atoms. The lowest BCUT2D eigenvalue weighted by atomic mass is 9.98. The first-order valence-corrected chi connectivity index (χ1v) is 18.1. The predicted molar refractivity (Wildman–Crippen MR) is 199 cm³/mol. The minimum atomic E-state index is -0.0190. The summed E-state index contributed by atoms with van der Waals surface area (Å²) in [7, 11) is 0. The van der Waals surface area contributed by atoms with Gasteiger partial charge in [0.05, 0.1) is 42.4 Å². The van der Waals surface area contributed by atoms with Crippen molar-refractivity contribution in [1.29, 1.82) is 0 Å². The van der Waals surface area contributed by atoms with Crippen LogP contribution in [0.4, 0.5) is 0 Å². The Morgan fingerprint density at radius 3 is 2.16 bits per heavy atom. The van der Waals surface area contributed by atoms with Crippen molar-refractivity contribution in [2.45, 2.75) is 77.8 Å². The van der Waals surface area contributed by atoms with Crippen molar-refractivity contribution in [2.75, 3.05) is 19.6 Å². The molecule has 3 aromatic carbocycles. The molecule has 2 aromatic heterocycles. The van der Waals surface area contributed by atoms with E-state index in [4.69, 9.17) is 4.98 Å². The fourth-order valence-corrected chi connectivity index (χ4v) is 7.19. The van der Waals surface area contributed by atoms with E-state index in [1.165, 1.54) is 47.6 Å². The van der Waals surface area contributed by atoms with Gasteiger partial charge in [0, 0.05) is 17.8 Å². The maximum atomic E-state index is 13.2. The number of aromatic amines is 2. The summed E-state index contributed by atoms with van der Waals surface area (Å²) in [6, 6.07) is 22.2. The molecule has 0 radical (unpaired) electrons. The Bertz CT molecular complexity index is 1930. The molecular formula is C41H49N7O. The average Bonchev–Trinajstić information content (AvgIpc) is 3.69. The Balaban J connectivity index is 0.00000122. The highest BCUT2D eigenvalue weighted by atomic mass is 16.2. The number of imidazole rings is 2. The minimum Gasteiger partial charge on any atom is -0.380 e. The quantitative estimate of drug-likeness (QED) is 0.127. The van der Waals surface area contributed by atoms with Crippen molar-refractivity contribution in [3.8, 4) is 33.6 Å². The molecular weight excluding hydrogens is 606 g/mol. The highest BCUT2D eigenvalue weighted by Gasteiger charge is 2.54. The summed E-state index contributed by atoms with van der Waals surface area (Å²) in [5.41, 5.74) is 7.79. The molecule has 5 aromatic rings. The van der Waals surface area contributed by atoms with Gasteiger partial charge in [0.1, 0.15) is 11.6 Å². The number of aromatic nitrogens is 4. The van der Waals surface area contributed by atoms with E-state index in [1.54, 1.807) is 0 Å². The Labute approximate surface area is 289 Å². The SMILES string of the molecule is C=C(CC)NCC(=O)N1CC2(CC2)CC1c1ncc(-c2ccc3cc(-c4ccc(-c5cnc(C6CCCN6)[nH]5)cc4)ccc3c2)[nH]1.CCC. The molecule has 2 atom stereocenters. The second-order valence-corrected chi connectivity index (χ2v) is 14.1. The number of nitrogens with one attached hydrogen (secondary N) is 4. The van der Waals surface area contributed by atoms with E-state index in [-0.39, 0.29) is 23.9 Å². The van der Waals surface area contributed by atoms with Gasteiger partial charge in [-0.15, -0.1) is 0 Å². The van der Waals surface area contributed by atoms with E-state index in [0.29, 0.717) is 6.04 Å². The number of nitrogens with zero attached hydrogens (tertiary/aromatic N) is 3. The van der Waals surface area contributed by atoms with Crippen molar-refractivity contribution < 1.29 is 4.79 Å². The van der Waals surface area contributed by atoms with Gasteiger partial charge >= 0.3 is 0 Å². The monoisotopic (exact) mass is 655 g/mol. The molecule has 8 nitrogen and oxygen atoms in total. The van der Waals surface area contributed by atoms with Crippen LogP contribution in [0.25, 0.3) is 44.4 Å². The number of hydrogen-bond donors (Lipinski definition) is 4. The Hall–Kier alpha value is -4.69. The zero-order valence-electron chi connectivity index (χ0n) is 29.1. The zero-order valence-corrected chi connectivity index (χ0v) is 29.1. The van der Waals surface area contributed by atoms with E-state index in [2.05, 4.69) is 107 Å². The van der Waals surface area contributed by atoms with Gasteiger partial charge in [-0.25, -0.2) is 9.97 Å². The van der Waals surface area contributed by atoms with Crippen molar-refractivity contribution in [1.82, 2.24) is 35.5 Å². The third-order valence-corrected chi connectivity index (χ3v) is 10.3. The first-order valence-electron chi connectivity index (χ1n) is 18.1. The first-order chi connectivity index (χ1) is 23.9. The van der Waals surface area contributed by atoms with Gasteiger partial charge in [-0.05, 0) is 90.1 Å². The van der Waals surface area contributed by atoms with Gasteiger partial charge in [-0.2, -0.15) is 0 Å². The van der Waals surface area contributed by atoms with Gasteiger partial charge < -0.3 is 25.5 Å². The summed E-state index contributed by atoms with van der Waals surface area (Å²) in [6.07, 6.45) is 11.6. The largest absolute Gasteiger partial charge is 0.380 e. The summed E-state index contributed by atoms with van der Waals surface area (Å²) in [5, 5.41) is 9.07. The number of allylic oxidation sites excluding steroid dienone is 1. The maximum absolute atomic E-state index is 13.2. The van der Waals surface area contributed by atoms with E-state index in [9.17, 15) is 4.79 Å². The highest BCUT2D eigenvalue weighted by molar-refractivity contribution is 5.90. The Morgan fingerprint density at radius 1 is 0.878 bits per heavy atom. The number of fused-ring (bicyclic) bond motifs is 1. The molecule has 1 saturated carbocycles. The van der Waals surface area contributed by atoms with Gasteiger partial charge in [-0.1, -0.05) is 82.3 Å². The highest BCUT2D eigenvalue weighted by Crippen LogP contribution is 2.58. The average molecular weight is 656 g/mol. The molecule has 1 amide bonds. The van der Waals surface area contributed by atoms with Crippen molar-refractivity contribution in [3.05, 3.63) is 97.0 Å². The number of likely N-dealkylation sites (tertiary alicyclic amines) is 1. The maximum Gasteiger partial charge on any atom is 0.242 e. The second-order valence-electron chi connectivity index (χ2n) is 14.1. The molecule has 1 aliphatic carbocycles. The number of hydrogen-bond acceptors (Lipinski definition) is 5. The van der Waals surface area contributed by atoms with Gasteiger partial charge in [0.15, 0.2) is 0 Å². The summed E-state index contributed by atoms with van der Waals surface area (Å²) in [4.78, 5) is 31.8. The van der Waals surface area contributed by atoms with Crippen molar-refractivity contribution in [3.63, 3.8) is 0 Å². The van der Waals surface area contributed by atoms with Crippen LogP contribution in [0.1, 0.15) is 89.4 Å². The third-order valence-electron chi connectivity index (χ3n) is 10.3. The van der Waals surface area contributed by atoms with Crippen LogP contribution in [-0.4, -0.2) is 50.4 Å². The molecule has 4 heterocycles. The van der Waals surface area contributed by atoms with Crippen LogP contribution in [0.15, 0.2) is 85.3 Å². The smallest absolute Gasteiger partial charge is 0.242 e. The van der Waals surface area contributed by atoms with E-state index < -0.39 is 0 Å². The molecule has 49 heavy (non-hydrogen) atoms. The standard InChI is InChI=1S/C38H41N7O.C3H8/c1-3-24(2)40-22-35(46)45-23-38(14-15-38)19-34(45)37-42-21-33(44-37)30-13-12-28-17-27(10-11-29(28)18-30)25-6-8-26(9-7-25)32-20-41-36(43-32)31-5-4-16-39-31;1-3-2/h6-13,17-18,20-21,31,34,39-40H,2-5,14-16,19,22-23H2,1H3,(H,41,43)(H,42,44);3H2,1-2H3. The predicted octanol–water partition coefficient (Wildman–Crippen LogP) is 8.69. The Morgan fingerprint density at radius 2 is 1.49 bits per heavy atom. The van der Waals surface area contributed by atoms with Crippen LogP contribution in [-0.2, 0) is 4.79 Å². The summed E-state index contributed by atoms with van der Waals surface area (Å²) < 4.78 is 0. The first kappa shape index (κ1) is 32.8. The van der Waals surface area contributed by atoms with Crippen LogP contribution in [0.3, 0.4) is 0 Å². The second kappa shape index (κ2) is 14.0. The molecule has 2 saturated heterocycles. The molecule has 2 unspecified atom stereocenters. The normalized spacial score (nSPS) is 19.2. The number of benzene rings is 3. The van der Waals surface area contributed by atoms with E-state index >= 15 is 0 Å². The van der Waals surface area contributed by atoms with Crippen LogP contribution in [0, 0.1) is 5.41 Å². The number of rotatable bonds is 9. The molecule has 3 fully saturated rings. The lowest BCUT2D eigenvalue weighted by molar-refractivity contribution is -0.131. The summed E-state index contributed by atoms with van der Waals surface area (Å²) in [5.74, 6) is 2.02. The molecule has 2 aliphatic heterocycles. The lowest BCUT2D eigenvalue weighted by Crippen LogP contribution is -2.38. The number of H-pyrrole nitrogens is 2. The Kier molecular flexibility index (Phi) is 9.41. The minimum absolute atomic E-state index is 0.0190. The topological polar surface area (TPSA) is 102 Å². The van der Waals surface area contributed by atoms with E-state index in [0.717, 1.165) is 72.2 Å².